The van der Waals surface area contributed by atoms with Gasteiger partial charge < -0.3 is 19.9 Å². The maximum atomic E-state index is 9.32. The van der Waals surface area contributed by atoms with E-state index < -0.39 is 0 Å². The van der Waals surface area contributed by atoms with Gasteiger partial charge in [-0.1, -0.05) is 0 Å². The molecule has 112 valence electrons. The molecule has 1 aliphatic rings. The first-order chi connectivity index (χ1) is 9.83. The summed E-state index contributed by atoms with van der Waals surface area (Å²) >= 11 is 0. The van der Waals surface area contributed by atoms with Crippen molar-refractivity contribution in [2.24, 2.45) is 0 Å². The third kappa shape index (κ3) is 4.37. The standard InChI is InChI=1S/C15H24N2O3/c1-19-14-3-5-15(6-4-14)20-10-2-8-17-9-7-16-11-13(17)12-18/h3-6,13,16,18H,2,7-12H2,1H3. The van der Waals surface area contributed by atoms with Gasteiger partial charge in [0, 0.05) is 32.2 Å². The summed E-state index contributed by atoms with van der Waals surface area (Å²) < 4.78 is 10.8. The third-order valence-corrected chi connectivity index (χ3v) is 3.60. The first kappa shape index (κ1) is 15.1. The van der Waals surface area contributed by atoms with Crippen molar-refractivity contribution in [2.75, 3.05) is 46.5 Å². The van der Waals surface area contributed by atoms with E-state index in [9.17, 15) is 5.11 Å². The molecule has 1 saturated heterocycles. The zero-order chi connectivity index (χ0) is 14.2. The predicted octanol–water partition coefficient (Wildman–Crippen LogP) is 0.730. The molecular formula is C15H24N2O3. The monoisotopic (exact) mass is 280 g/mol. The van der Waals surface area contributed by atoms with Gasteiger partial charge in [-0.2, -0.15) is 0 Å². The van der Waals surface area contributed by atoms with E-state index in [2.05, 4.69) is 10.2 Å². The molecule has 1 aromatic carbocycles. The van der Waals surface area contributed by atoms with Crippen LogP contribution in [0.2, 0.25) is 0 Å². The summed E-state index contributed by atoms with van der Waals surface area (Å²) in [5, 5.41) is 12.6. The molecule has 1 aromatic rings. The van der Waals surface area contributed by atoms with Crippen LogP contribution in [-0.4, -0.2) is 62.6 Å². The molecule has 1 heterocycles. The zero-order valence-electron chi connectivity index (χ0n) is 12.0. The topological polar surface area (TPSA) is 54.0 Å². The molecule has 20 heavy (non-hydrogen) atoms. The minimum absolute atomic E-state index is 0.215. The average Bonchev–Trinajstić information content (AvgIpc) is 2.52. The molecule has 0 aromatic heterocycles. The van der Waals surface area contributed by atoms with Gasteiger partial charge in [-0.05, 0) is 30.7 Å². The SMILES string of the molecule is COc1ccc(OCCCN2CCNCC2CO)cc1. The van der Waals surface area contributed by atoms with Crippen molar-refractivity contribution in [2.45, 2.75) is 12.5 Å². The smallest absolute Gasteiger partial charge is 0.119 e. The van der Waals surface area contributed by atoms with Crippen LogP contribution in [0.4, 0.5) is 0 Å². The number of aliphatic hydroxyl groups excluding tert-OH is 1. The molecule has 5 heteroatoms. The molecule has 5 nitrogen and oxygen atoms in total. The number of nitrogens with one attached hydrogen (secondary N) is 1. The Morgan fingerprint density at radius 2 is 2.05 bits per heavy atom. The Bertz CT molecular complexity index is 383. The van der Waals surface area contributed by atoms with E-state index in [4.69, 9.17) is 9.47 Å². The highest BCUT2D eigenvalue weighted by Gasteiger charge is 2.20. The highest BCUT2D eigenvalue weighted by Crippen LogP contribution is 2.17. The van der Waals surface area contributed by atoms with Crippen LogP contribution in [0.5, 0.6) is 11.5 Å². The van der Waals surface area contributed by atoms with Crippen LogP contribution in [-0.2, 0) is 0 Å². The highest BCUT2D eigenvalue weighted by molar-refractivity contribution is 5.31. The number of nitrogens with zero attached hydrogens (tertiary/aromatic N) is 1. The number of rotatable bonds is 7. The van der Waals surface area contributed by atoms with Crippen LogP contribution in [0.25, 0.3) is 0 Å². The zero-order valence-corrected chi connectivity index (χ0v) is 12.0. The number of aliphatic hydroxyl groups is 1. The maximum Gasteiger partial charge on any atom is 0.119 e. The number of methoxy groups -OCH3 is 1. The molecule has 1 atom stereocenters. The van der Waals surface area contributed by atoms with Crippen molar-refractivity contribution < 1.29 is 14.6 Å². The summed E-state index contributed by atoms with van der Waals surface area (Å²) in [6.07, 6.45) is 0.961. The van der Waals surface area contributed by atoms with Crippen molar-refractivity contribution in [1.29, 1.82) is 0 Å². The molecule has 0 amide bonds. The molecule has 1 aliphatic heterocycles. The largest absolute Gasteiger partial charge is 0.497 e. The van der Waals surface area contributed by atoms with Gasteiger partial charge >= 0.3 is 0 Å². The number of piperazine rings is 1. The Labute approximate surface area is 120 Å². The molecule has 1 fully saturated rings. The highest BCUT2D eigenvalue weighted by atomic mass is 16.5. The maximum absolute atomic E-state index is 9.32. The van der Waals surface area contributed by atoms with E-state index in [1.165, 1.54) is 0 Å². The van der Waals surface area contributed by atoms with E-state index in [-0.39, 0.29) is 12.6 Å². The second kappa shape index (κ2) is 8.09. The lowest BCUT2D eigenvalue weighted by molar-refractivity contribution is 0.0951. The fourth-order valence-electron chi connectivity index (χ4n) is 2.41. The van der Waals surface area contributed by atoms with Crippen molar-refractivity contribution in [1.82, 2.24) is 10.2 Å². The Morgan fingerprint density at radius 1 is 1.30 bits per heavy atom. The molecular weight excluding hydrogens is 256 g/mol. The fraction of sp³-hybridized carbons (Fsp3) is 0.600. The van der Waals surface area contributed by atoms with Crippen LogP contribution in [0.3, 0.4) is 0 Å². The normalized spacial score (nSPS) is 19.8. The predicted molar refractivity (Wildman–Crippen MR) is 78.4 cm³/mol. The quantitative estimate of drug-likeness (QED) is 0.721. The van der Waals surface area contributed by atoms with Crippen LogP contribution in [0.1, 0.15) is 6.42 Å². The van der Waals surface area contributed by atoms with Crippen LogP contribution in [0.15, 0.2) is 24.3 Å². The van der Waals surface area contributed by atoms with Crippen molar-refractivity contribution in [3.63, 3.8) is 0 Å². The summed E-state index contributed by atoms with van der Waals surface area (Å²) in [5.74, 6) is 1.70. The molecule has 0 bridgehead atoms. The summed E-state index contributed by atoms with van der Waals surface area (Å²) in [6, 6.07) is 7.87. The van der Waals surface area contributed by atoms with E-state index in [0.717, 1.165) is 44.1 Å². The molecule has 0 saturated carbocycles. The summed E-state index contributed by atoms with van der Waals surface area (Å²) in [6.45, 7) is 4.73. The number of hydrogen-bond acceptors (Lipinski definition) is 5. The lowest BCUT2D eigenvalue weighted by Gasteiger charge is -2.34. The van der Waals surface area contributed by atoms with Gasteiger partial charge in [-0.15, -0.1) is 0 Å². The van der Waals surface area contributed by atoms with E-state index in [1.807, 2.05) is 24.3 Å². The van der Waals surface area contributed by atoms with Gasteiger partial charge in [-0.3, -0.25) is 4.90 Å². The lowest BCUT2D eigenvalue weighted by atomic mass is 10.2. The lowest BCUT2D eigenvalue weighted by Crippen LogP contribution is -2.53. The Morgan fingerprint density at radius 3 is 2.75 bits per heavy atom. The third-order valence-electron chi connectivity index (χ3n) is 3.60. The van der Waals surface area contributed by atoms with Crippen LogP contribution >= 0.6 is 0 Å². The van der Waals surface area contributed by atoms with Crippen molar-refractivity contribution in [3.05, 3.63) is 24.3 Å². The van der Waals surface area contributed by atoms with Crippen LogP contribution in [0, 0.1) is 0 Å². The van der Waals surface area contributed by atoms with E-state index in [0.29, 0.717) is 6.61 Å². The van der Waals surface area contributed by atoms with Crippen LogP contribution < -0.4 is 14.8 Å². The van der Waals surface area contributed by atoms with Gasteiger partial charge in [0.2, 0.25) is 0 Å². The van der Waals surface area contributed by atoms with Gasteiger partial charge in [-0.25, -0.2) is 0 Å². The average molecular weight is 280 g/mol. The molecule has 1 unspecified atom stereocenters. The molecule has 2 N–H and O–H groups in total. The van der Waals surface area contributed by atoms with E-state index >= 15 is 0 Å². The van der Waals surface area contributed by atoms with Crippen molar-refractivity contribution in [3.8, 4) is 11.5 Å². The Hall–Kier alpha value is -1.30. The second-order valence-corrected chi connectivity index (χ2v) is 4.95. The second-order valence-electron chi connectivity index (χ2n) is 4.95. The number of ether oxygens (including phenoxy) is 2. The number of hydrogen-bond donors (Lipinski definition) is 2. The molecule has 0 aliphatic carbocycles. The summed E-state index contributed by atoms with van der Waals surface area (Å²) in [4.78, 5) is 2.33. The van der Waals surface area contributed by atoms with Gasteiger partial charge in [0.1, 0.15) is 11.5 Å². The Kier molecular flexibility index (Phi) is 6.11. The molecule has 2 rings (SSSR count). The van der Waals surface area contributed by atoms with Gasteiger partial charge in [0.15, 0.2) is 0 Å². The number of benzene rings is 1. The first-order valence-corrected chi connectivity index (χ1v) is 7.16. The first-order valence-electron chi connectivity index (χ1n) is 7.16. The summed E-state index contributed by atoms with van der Waals surface area (Å²) in [5.41, 5.74) is 0. The van der Waals surface area contributed by atoms with Gasteiger partial charge in [0.05, 0.1) is 20.3 Å². The minimum atomic E-state index is 0.215. The molecule has 0 spiro atoms. The minimum Gasteiger partial charge on any atom is -0.497 e. The summed E-state index contributed by atoms with van der Waals surface area (Å²) in [7, 11) is 1.65. The van der Waals surface area contributed by atoms with E-state index in [1.54, 1.807) is 7.11 Å². The van der Waals surface area contributed by atoms with Crippen molar-refractivity contribution >= 4 is 0 Å². The van der Waals surface area contributed by atoms with Gasteiger partial charge in [0.25, 0.3) is 0 Å². The fourth-order valence-corrected chi connectivity index (χ4v) is 2.41. The molecule has 0 radical (unpaired) electrons. The Balaban J connectivity index is 1.67.